The maximum absolute atomic E-state index is 11.4. The number of carbonyl (C=O) groups is 1. The molecule has 0 saturated carbocycles. The zero-order valence-electron chi connectivity index (χ0n) is 9.85. The predicted molar refractivity (Wildman–Crippen MR) is 73.6 cm³/mol. The van der Waals surface area contributed by atoms with Crippen molar-refractivity contribution in [3.63, 3.8) is 0 Å². The Balaban J connectivity index is 2.65. The summed E-state index contributed by atoms with van der Waals surface area (Å²) in [6.07, 6.45) is 3.13. The molecule has 1 aromatic heterocycles. The second-order valence-electron chi connectivity index (χ2n) is 3.60. The van der Waals surface area contributed by atoms with Crippen LogP contribution in [0, 0.1) is 0 Å². The molecule has 0 aliphatic carbocycles. The molecule has 0 aliphatic heterocycles. The third kappa shape index (κ3) is 5.55. The van der Waals surface area contributed by atoms with Gasteiger partial charge in [-0.15, -0.1) is 0 Å². The summed E-state index contributed by atoms with van der Waals surface area (Å²) in [6.45, 7) is 4.00. The van der Waals surface area contributed by atoms with Crippen LogP contribution in [0.2, 0.25) is 0 Å². The summed E-state index contributed by atoms with van der Waals surface area (Å²) in [7, 11) is -0.572. The number of anilines is 2. The Morgan fingerprint density at radius 3 is 2.65 bits per heavy atom. The van der Waals surface area contributed by atoms with Crippen molar-refractivity contribution in [1.82, 2.24) is 14.7 Å². The Kier molecular flexibility index (Phi) is 5.23. The van der Waals surface area contributed by atoms with Crippen LogP contribution >= 0.6 is 0 Å². The Hall–Kier alpha value is -1.28. The molecule has 0 fully saturated rings. The number of nitrogens with zero attached hydrogens (tertiary/aromatic N) is 2. The molecule has 0 spiro atoms. The normalized spacial score (nSPS) is 12.0. The van der Waals surface area contributed by atoms with Gasteiger partial charge < -0.3 is 5.32 Å². The van der Waals surface area contributed by atoms with Crippen molar-refractivity contribution in [2.75, 3.05) is 16.9 Å². The van der Waals surface area contributed by atoms with E-state index in [2.05, 4.69) is 25.3 Å². The van der Waals surface area contributed by atoms with Crippen LogP contribution in [0.1, 0.15) is 13.8 Å². The van der Waals surface area contributed by atoms with Gasteiger partial charge in [0, 0.05) is 18.4 Å². The number of nitrogens with one attached hydrogen (secondary N) is 3. The maximum Gasteiger partial charge on any atom is 0.330 e. The molecular formula is C9H15N5OS2. The van der Waals surface area contributed by atoms with Gasteiger partial charge in [0.1, 0.15) is 18.0 Å². The van der Waals surface area contributed by atoms with Gasteiger partial charge >= 0.3 is 6.03 Å². The molecule has 0 radical (unpaired) electrons. The molecule has 0 aromatic carbocycles. The van der Waals surface area contributed by atoms with Crippen molar-refractivity contribution >= 4 is 38.5 Å². The molecule has 3 N–H and O–H groups in total. The smallest absolute Gasteiger partial charge is 0.330 e. The number of aromatic nitrogens is 2. The predicted octanol–water partition coefficient (Wildman–Crippen LogP) is 1.04. The van der Waals surface area contributed by atoms with Crippen LogP contribution in [-0.4, -0.2) is 28.3 Å². The lowest BCUT2D eigenvalue weighted by Gasteiger charge is -2.10. The average molecular weight is 273 g/mol. The van der Waals surface area contributed by atoms with Crippen molar-refractivity contribution in [3.05, 3.63) is 12.4 Å². The molecule has 94 valence electrons. The number of hydrogen-bond donors (Lipinski definition) is 3. The highest BCUT2D eigenvalue weighted by atomic mass is 32.8. The van der Waals surface area contributed by atoms with Gasteiger partial charge in [-0.1, -0.05) is 0 Å². The third-order valence-electron chi connectivity index (χ3n) is 1.58. The number of carbonyl (C=O) groups excluding carboxylic acids is 1. The minimum atomic E-state index is -0.572. The minimum absolute atomic E-state index is 0.265. The van der Waals surface area contributed by atoms with Crippen molar-refractivity contribution < 1.29 is 4.79 Å². The van der Waals surface area contributed by atoms with E-state index < -0.39 is 9.64 Å². The first-order valence-electron chi connectivity index (χ1n) is 4.97. The van der Waals surface area contributed by atoms with Gasteiger partial charge in [-0.25, -0.2) is 14.8 Å². The number of rotatable bonds is 4. The average Bonchev–Trinajstić information content (AvgIpc) is 2.14. The molecular weight excluding hydrogens is 258 g/mol. The van der Waals surface area contributed by atoms with Gasteiger partial charge in [0.15, 0.2) is 0 Å². The first kappa shape index (κ1) is 13.8. The summed E-state index contributed by atoms with van der Waals surface area (Å²) >= 11 is 4.86. The fourth-order valence-electron chi connectivity index (χ4n) is 1.07. The van der Waals surface area contributed by atoms with E-state index in [1.807, 2.05) is 13.8 Å². The van der Waals surface area contributed by atoms with Gasteiger partial charge in [0.25, 0.3) is 0 Å². The van der Waals surface area contributed by atoms with E-state index in [1.165, 1.54) is 6.33 Å². The van der Waals surface area contributed by atoms with Crippen molar-refractivity contribution in [1.29, 1.82) is 0 Å². The van der Waals surface area contributed by atoms with E-state index in [4.69, 9.17) is 11.2 Å². The summed E-state index contributed by atoms with van der Waals surface area (Å²) in [6, 6.07) is 1.57. The van der Waals surface area contributed by atoms with Gasteiger partial charge in [-0.05, 0) is 34.7 Å². The van der Waals surface area contributed by atoms with Crippen LogP contribution < -0.4 is 15.4 Å². The summed E-state index contributed by atoms with van der Waals surface area (Å²) in [5.41, 5.74) is 0. The topological polar surface area (TPSA) is 78.9 Å². The summed E-state index contributed by atoms with van der Waals surface area (Å²) in [5.74, 6) is 1.10. The highest BCUT2D eigenvalue weighted by Gasteiger charge is 2.04. The number of urea groups is 1. The zero-order valence-corrected chi connectivity index (χ0v) is 11.5. The summed E-state index contributed by atoms with van der Waals surface area (Å²) in [4.78, 5) is 19.4. The van der Waals surface area contributed by atoms with E-state index in [9.17, 15) is 4.79 Å². The van der Waals surface area contributed by atoms with Crippen LogP contribution in [0.25, 0.3) is 0 Å². The van der Waals surface area contributed by atoms with E-state index in [-0.39, 0.29) is 12.1 Å². The molecule has 1 aromatic rings. The lowest BCUT2D eigenvalue weighted by Crippen LogP contribution is -2.29. The molecule has 6 nitrogen and oxygen atoms in total. The Morgan fingerprint density at radius 2 is 2.06 bits per heavy atom. The monoisotopic (exact) mass is 273 g/mol. The molecule has 1 unspecified atom stereocenters. The Labute approximate surface area is 107 Å². The standard InChI is InChI=1S/C9H15N5OS2/c1-6(2)12-7-4-8(11-5-10-7)13-9(15)14-17(3)16/h4-6H,1-3H3,(H3,10,11,12,13,14,15). The van der Waals surface area contributed by atoms with Crippen molar-refractivity contribution in [2.45, 2.75) is 19.9 Å². The molecule has 1 atom stereocenters. The Bertz CT molecular complexity index is 424. The molecule has 0 saturated heterocycles. The van der Waals surface area contributed by atoms with Crippen molar-refractivity contribution in [2.24, 2.45) is 0 Å². The largest absolute Gasteiger partial charge is 0.368 e. The molecule has 17 heavy (non-hydrogen) atoms. The highest BCUT2D eigenvalue weighted by Crippen LogP contribution is 2.09. The fourth-order valence-corrected chi connectivity index (χ4v) is 1.61. The quantitative estimate of drug-likeness (QED) is 0.764. The molecule has 8 heteroatoms. The first-order chi connectivity index (χ1) is 7.97. The van der Waals surface area contributed by atoms with E-state index >= 15 is 0 Å². The van der Waals surface area contributed by atoms with Crippen LogP contribution in [-0.2, 0) is 20.8 Å². The first-order valence-corrected chi connectivity index (χ1v) is 7.53. The van der Waals surface area contributed by atoms with Gasteiger partial charge in [0.2, 0.25) is 0 Å². The maximum atomic E-state index is 11.4. The molecule has 0 aliphatic rings. The third-order valence-corrected chi connectivity index (χ3v) is 2.30. The van der Waals surface area contributed by atoms with E-state index in [0.717, 1.165) is 0 Å². The molecule has 2 amide bonds. The van der Waals surface area contributed by atoms with Gasteiger partial charge in [0.05, 0.1) is 0 Å². The SMILES string of the molecule is CC(C)Nc1cc(NC(=O)NS(C)=S)ncn1. The summed E-state index contributed by atoms with van der Waals surface area (Å²) in [5, 5.41) is 5.70. The second-order valence-corrected chi connectivity index (χ2v) is 6.21. The number of amides is 2. The Morgan fingerprint density at radius 1 is 1.41 bits per heavy atom. The molecule has 0 bridgehead atoms. The zero-order chi connectivity index (χ0) is 12.8. The van der Waals surface area contributed by atoms with Crippen LogP contribution in [0.4, 0.5) is 16.4 Å². The highest BCUT2D eigenvalue weighted by molar-refractivity contribution is 8.27. The second kappa shape index (κ2) is 6.45. The minimum Gasteiger partial charge on any atom is -0.368 e. The fraction of sp³-hybridized carbons (Fsp3) is 0.444. The van der Waals surface area contributed by atoms with Crippen molar-refractivity contribution in [3.8, 4) is 0 Å². The van der Waals surface area contributed by atoms with E-state index in [0.29, 0.717) is 11.6 Å². The van der Waals surface area contributed by atoms with Gasteiger partial charge in [-0.3, -0.25) is 10.0 Å². The van der Waals surface area contributed by atoms with E-state index in [1.54, 1.807) is 12.3 Å². The molecule has 1 rings (SSSR count). The summed E-state index contributed by atoms with van der Waals surface area (Å²) < 4.78 is 2.56. The molecule has 1 heterocycles. The number of hydrogen-bond acceptors (Lipinski definition) is 5. The van der Waals surface area contributed by atoms with Crippen LogP contribution in [0.3, 0.4) is 0 Å². The van der Waals surface area contributed by atoms with Crippen LogP contribution in [0.5, 0.6) is 0 Å². The lowest BCUT2D eigenvalue weighted by molar-refractivity contribution is 0.257. The van der Waals surface area contributed by atoms with Crippen LogP contribution in [0.15, 0.2) is 12.4 Å². The van der Waals surface area contributed by atoms with Gasteiger partial charge in [-0.2, -0.15) is 0 Å². The lowest BCUT2D eigenvalue weighted by atomic mass is 10.4.